The van der Waals surface area contributed by atoms with E-state index in [1.807, 2.05) is 0 Å². The largest absolute Gasteiger partial charge is 0.506 e. The highest BCUT2D eigenvalue weighted by Gasteiger charge is 2.14. The Morgan fingerprint density at radius 2 is 2.11 bits per heavy atom. The van der Waals surface area contributed by atoms with Gasteiger partial charge in [0.15, 0.2) is 5.16 Å². The molecule has 0 aliphatic heterocycles. The molecule has 3 N–H and O–H groups in total. The smallest absolute Gasteiger partial charge is 0.341 e. The molecule has 0 fully saturated rings. The number of carbonyl (C=O) groups is 1. The molecule has 0 saturated carbocycles. The molecule has 0 atom stereocenters. The first-order valence-corrected chi connectivity index (χ1v) is 6.53. The fraction of sp³-hybridized carbons (Fsp3) is 0.0833. The van der Waals surface area contributed by atoms with E-state index in [9.17, 15) is 9.90 Å². The maximum Gasteiger partial charge on any atom is 0.341 e. The Labute approximate surface area is 113 Å². The van der Waals surface area contributed by atoms with Crippen LogP contribution in [0.3, 0.4) is 0 Å². The number of thioether (sulfide) groups is 1. The first kappa shape index (κ1) is 13.2. The summed E-state index contributed by atoms with van der Waals surface area (Å²) >= 11 is 1.30. The predicted molar refractivity (Wildman–Crippen MR) is 72.2 cm³/mol. The van der Waals surface area contributed by atoms with E-state index in [0.717, 1.165) is 0 Å². The highest BCUT2D eigenvalue weighted by molar-refractivity contribution is 7.98. The van der Waals surface area contributed by atoms with E-state index in [-0.39, 0.29) is 17.1 Å². The van der Waals surface area contributed by atoms with Gasteiger partial charge in [0.25, 0.3) is 0 Å². The molecule has 1 aromatic heterocycles. The van der Waals surface area contributed by atoms with E-state index in [1.54, 1.807) is 24.5 Å². The first-order valence-electron chi connectivity index (χ1n) is 5.31. The number of aromatic carboxylic acids is 1. The highest BCUT2D eigenvalue weighted by atomic mass is 32.2. The zero-order chi connectivity index (χ0) is 13.8. The molecule has 0 saturated heterocycles. The molecule has 0 aliphatic rings. The van der Waals surface area contributed by atoms with Gasteiger partial charge < -0.3 is 15.5 Å². The van der Waals surface area contributed by atoms with Crippen LogP contribution in [0.15, 0.2) is 35.6 Å². The number of phenolic OH excluding ortho intramolecular Hbond substituents is 1. The third-order valence-electron chi connectivity index (χ3n) is 2.34. The van der Waals surface area contributed by atoms with Crippen LogP contribution in [0.4, 0.5) is 11.5 Å². The van der Waals surface area contributed by atoms with Crippen molar-refractivity contribution in [1.29, 1.82) is 0 Å². The minimum atomic E-state index is -1.13. The monoisotopic (exact) mass is 277 g/mol. The summed E-state index contributed by atoms with van der Waals surface area (Å²) in [4.78, 5) is 19.1. The van der Waals surface area contributed by atoms with Crippen molar-refractivity contribution in [2.75, 3.05) is 11.6 Å². The fourth-order valence-electron chi connectivity index (χ4n) is 1.42. The van der Waals surface area contributed by atoms with Crippen LogP contribution in [-0.2, 0) is 0 Å². The van der Waals surface area contributed by atoms with Crippen molar-refractivity contribution in [3.63, 3.8) is 0 Å². The van der Waals surface area contributed by atoms with Crippen LogP contribution in [0, 0.1) is 0 Å². The number of aromatic nitrogens is 2. The Bertz CT molecular complexity index is 619. The summed E-state index contributed by atoms with van der Waals surface area (Å²) in [6.07, 6.45) is 3.03. The molecule has 98 valence electrons. The van der Waals surface area contributed by atoms with E-state index < -0.39 is 5.97 Å². The van der Waals surface area contributed by atoms with Crippen molar-refractivity contribution in [2.24, 2.45) is 0 Å². The molecule has 0 radical (unpaired) electrons. The number of aromatic hydroxyl groups is 1. The van der Waals surface area contributed by atoms with Crippen LogP contribution in [0.5, 0.6) is 5.75 Å². The van der Waals surface area contributed by atoms with Gasteiger partial charge in [-0.3, -0.25) is 0 Å². The van der Waals surface area contributed by atoms with Gasteiger partial charge in [-0.15, -0.1) is 0 Å². The average Bonchev–Trinajstić information content (AvgIpc) is 2.41. The van der Waals surface area contributed by atoms with Gasteiger partial charge >= 0.3 is 5.97 Å². The number of nitrogens with zero attached hydrogens (tertiary/aromatic N) is 2. The summed E-state index contributed by atoms with van der Waals surface area (Å²) in [7, 11) is 0. The first-order chi connectivity index (χ1) is 9.11. The summed E-state index contributed by atoms with van der Waals surface area (Å²) in [5, 5.41) is 22.0. The van der Waals surface area contributed by atoms with Crippen molar-refractivity contribution in [1.82, 2.24) is 9.97 Å². The average molecular weight is 277 g/mol. The number of phenols is 1. The molecule has 0 spiro atoms. The van der Waals surface area contributed by atoms with Gasteiger partial charge in [-0.05, 0) is 18.4 Å². The Morgan fingerprint density at radius 3 is 2.74 bits per heavy atom. The molecular weight excluding hydrogens is 266 g/mol. The molecule has 19 heavy (non-hydrogen) atoms. The number of carboxylic acids is 1. The lowest BCUT2D eigenvalue weighted by Gasteiger charge is -2.10. The second kappa shape index (κ2) is 5.57. The maximum absolute atomic E-state index is 11.1. The normalized spacial score (nSPS) is 10.2. The number of para-hydroxylation sites is 2. The van der Waals surface area contributed by atoms with Crippen molar-refractivity contribution < 1.29 is 15.0 Å². The van der Waals surface area contributed by atoms with Crippen LogP contribution in [0.25, 0.3) is 0 Å². The quantitative estimate of drug-likeness (QED) is 0.448. The minimum absolute atomic E-state index is 0.0168. The second-order valence-corrected chi connectivity index (χ2v) is 4.34. The van der Waals surface area contributed by atoms with Crippen molar-refractivity contribution in [3.8, 4) is 5.75 Å². The summed E-state index contributed by atoms with van der Waals surface area (Å²) in [5.74, 6) is -0.970. The summed E-state index contributed by atoms with van der Waals surface area (Å²) in [5.41, 5.74) is 0.330. The number of benzene rings is 1. The molecule has 0 aliphatic carbocycles. The third-order valence-corrected chi connectivity index (χ3v) is 2.90. The van der Waals surface area contributed by atoms with E-state index in [2.05, 4.69) is 15.3 Å². The lowest BCUT2D eigenvalue weighted by Crippen LogP contribution is -2.07. The topological polar surface area (TPSA) is 95.3 Å². The maximum atomic E-state index is 11.1. The third kappa shape index (κ3) is 2.94. The fourth-order valence-corrected chi connectivity index (χ4v) is 1.76. The molecule has 0 unspecified atom stereocenters. The Hall–Kier alpha value is -2.28. The van der Waals surface area contributed by atoms with Crippen LogP contribution in [0.2, 0.25) is 0 Å². The van der Waals surface area contributed by atoms with Gasteiger partial charge in [-0.2, -0.15) is 0 Å². The van der Waals surface area contributed by atoms with Crippen molar-refractivity contribution in [2.45, 2.75) is 5.16 Å². The number of rotatable bonds is 4. The number of hydrogen-bond donors (Lipinski definition) is 3. The predicted octanol–water partition coefficient (Wildman–Crippen LogP) is 2.35. The standard InChI is InChI=1S/C12H11N3O3S/c1-19-12-13-6-7(11(17)18)10(15-12)14-8-4-2-3-5-9(8)16/h2-6,16H,1H3,(H,17,18)(H,13,14,15). The minimum Gasteiger partial charge on any atom is -0.506 e. The van der Waals surface area contributed by atoms with Gasteiger partial charge in [0.2, 0.25) is 0 Å². The highest BCUT2D eigenvalue weighted by Crippen LogP contribution is 2.27. The van der Waals surface area contributed by atoms with E-state index in [4.69, 9.17) is 5.11 Å². The van der Waals surface area contributed by atoms with E-state index in [1.165, 1.54) is 24.0 Å². The van der Waals surface area contributed by atoms with E-state index >= 15 is 0 Å². The molecule has 7 heteroatoms. The summed E-state index contributed by atoms with van der Waals surface area (Å²) in [6, 6.07) is 6.52. The van der Waals surface area contributed by atoms with Gasteiger partial charge in [0.1, 0.15) is 17.1 Å². The molecule has 2 rings (SSSR count). The number of anilines is 2. The zero-order valence-electron chi connectivity index (χ0n) is 9.99. The Balaban J connectivity index is 2.43. The SMILES string of the molecule is CSc1ncc(C(=O)O)c(Nc2ccccc2O)n1. The van der Waals surface area contributed by atoms with E-state index in [0.29, 0.717) is 10.8 Å². The molecule has 1 aromatic carbocycles. The second-order valence-electron chi connectivity index (χ2n) is 3.57. The lowest BCUT2D eigenvalue weighted by molar-refractivity contribution is 0.0697. The number of carboxylic acid groups (broad SMARTS) is 1. The van der Waals surface area contributed by atoms with Crippen LogP contribution >= 0.6 is 11.8 Å². The van der Waals surface area contributed by atoms with Crippen LogP contribution < -0.4 is 5.32 Å². The zero-order valence-corrected chi connectivity index (χ0v) is 10.8. The van der Waals surface area contributed by atoms with Crippen molar-refractivity contribution >= 4 is 29.2 Å². The number of nitrogens with one attached hydrogen (secondary N) is 1. The molecule has 6 nitrogen and oxygen atoms in total. The van der Waals surface area contributed by atoms with Gasteiger partial charge in [0, 0.05) is 6.20 Å². The van der Waals surface area contributed by atoms with Crippen LogP contribution in [0.1, 0.15) is 10.4 Å². The molecule has 1 heterocycles. The van der Waals surface area contributed by atoms with Gasteiger partial charge in [-0.25, -0.2) is 14.8 Å². The Morgan fingerprint density at radius 1 is 1.37 bits per heavy atom. The van der Waals surface area contributed by atoms with Crippen LogP contribution in [-0.4, -0.2) is 32.4 Å². The Kier molecular flexibility index (Phi) is 3.86. The molecule has 0 bridgehead atoms. The lowest BCUT2D eigenvalue weighted by atomic mass is 10.2. The summed E-state index contributed by atoms with van der Waals surface area (Å²) < 4.78 is 0. The van der Waals surface area contributed by atoms with Gasteiger partial charge in [0.05, 0.1) is 5.69 Å². The summed E-state index contributed by atoms with van der Waals surface area (Å²) in [6.45, 7) is 0. The van der Waals surface area contributed by atoms with Gasteiger partial charge in [-0.1, -0.05) is 23.9 Å². The van der Waals surface area contributed by atoms with Crippen molar-refractivity contribution in [3.05, 3.63) is 36.0 Å². The molecular formula is C12H11N3O3S. The number of hydrogen-bond acceptors (Lipinski definition) is 6. The molecule has 2 aromatic rings. The molecule has 0 amide bonds.